The molecule has 0 heterocycles. The number of Topliss-reactive ketones (excluding diaryl/α,β-unsaturated/α-hetero) is 1. The van der Waals surface area contributed by atoms with Crippen molar-refractivity contribution in [1.82, 2.24) is 0 Å². The van der Waals surface area contributed by atoms with Gasteiger partial charge in [0.2, 0.25) is 0 Å². The average molecular weight is 417 g/mol. The molecule has 30 heavy (non-hydrogen) atoms. The topological polar surface area (TPSA) is 63.6 Å². The van der Waals surface area contributed by atoms with E-state index in [1.165, 1.54) is 18.9 Å². The normalized spacial score (nSPS) is 41.7. The molecular weight excluding hydrogens is 376 g/mol. The van der Waals surface area contributed by atoms with Crippen LogP contribution < -0.4 is 0 Å². The maximum Gasteiger partial charge on any atom is 0.302 e. The zero-order chi connectivity index (χ0) is 21.7. The summed E-state index contributed by atoms with van der Waals surface area (Å²) in [6.07, 6.45) is 10.1. The second-order valence-electron chi connectivity index (χ2n) is 11.1. The molecule has 0 spiro atoms. The Balaban J connectivity index is 1.71. The molecule has 4 aliphatic rings. The first-order valence-corrected chi connectivity index (χ1v) is 12.3. The molecular formula is C26H40O4. The van der Waals surface area contributed by atoms with Gasteiger partial charge in [-0.3, -0.25) is 9.59 Å². The van der Waals surface area contributed by atoms with Crippen LogP contribution in [0.15, 0.2) is 11.1 Å². The highest BCUT2D eigenvalue weighted by atomic mass is 16.5. The van der Waals surface area contributed by atoms with Gasteiger partial charge in [0.15, 0.2) is 5.78 Å². The van der Waals surface area contributed by atoms with Crippen LogP contribution in [0.5, 0.6) is 0 Å². The summed E-state index contributed by atoms with van der Waals surface area (Å²) in [5, 5.41) is 9.27. The summed E-state index contributed by atoms with van der Waals surface area (Å²) in [5.41, 5.74) is 2.52. The van der Waals surface area contributed by atoms with Crippen LogP contribution in [-0.4, -0.2) is 29.6 Å². The molecule has 3 fully saturated rings. The number of hydrogen-bond acceptors (Lipinski definition) is 4. The molecule has 4 nitrogen and oxygen atoms in total. The van der Waals surface area contributed by atoms with Crippen LogP contribution in [0, 0.1) is 34.5 Å². The fourth-order valence-corrected chi connectivity index (χ4v) is 8.22. The summed E-state index contributed by atoms with van der Waals surface area (Å²) < 4.78 is 5.91. The first-order valence-electron chi connectivity index (χ1n) is 12.3. The van der Waals surface area contributed by atoms with Crippen molar-refractivity contribution < 1.29 is 19.4 Å². The number of carbonyl (C=O) groups excluding carboxylic acids is 2. The van der Waals surface area contributed by atoms with Gasteiger partial charge in [-0.05, 0) is 86.9 Å². The van der Waals surface area contributed by atoms with Gasteiger partial charge < -0.3 is 9.84 Å². The van der Waals surface area contributed by atoms with E-state index in [0.717, 1.165) is 56.9 Å². The van der Waals surface area contributed by atoms with Crippen molar-refractivity contribution in [3.05, 3.63) is 11.1 Å². The molecule has 0 aromatic rings. The molecule has 4 aliphatic carbocycles. The van der Waals surface area contributed by atoms with Crippen molar-refractivity contribution in [2.75, 3.05) is 6.61 Å². The summed E-state index contributed by atoms with van der Waals surface area (Å²) in [6, 6.07) is 0. The molecule has 7 atom stereocenters. The predicted octanol–water partition coefficient (Wildman–Crippen LogP) is 5.23. The number of fused-ring (bicyclic) bond motifs is 4. The number of ether oxygens (including phenoxy) is 1. The minimum absolute atomic E-state index is 0.0187. The van der Waals surface area contributed by atoms with Crippen molar-refractivity contribution in [3.63, 3.8) is 0 Å². The van der Waals surface area contributed by atoms with E-state index in [-0.39, 0.29) is 29.5 Å². The minimum atomic E-state index is -0.169. The Labute approximate surface area is 181 Å². The van der Waals surface area contributed by atoms with Crippen LogP contribution in [0.25, 0.3) is 0 Å². The van der Waals surface area contributed by atoms with E-state index in [4.69, 9.17) is 4.74 Å². The van der Waals surface area contributed by atoms with Gasteiger partial charge in [0.05, 0.1) is 0 Å². The fourth-order valence-electron chi connectivity index (χ4n) is 8.22. The van der Waals surface area contributed by atoms with Crippen LogP contribution >= 0.6 is 0 Å². The Bertz CT molecular complexity index is 739. The van der Waals surface area contributed by atoms with Gasteiger partial charge in [-0.25, -0.2) is 0 Å². The molecule has 0 bridgehead atoms. The van der Waals surface area contributed by atoms with Gasteiger partial charge in [0.25, 0.3) is 0 Å². The molecule has 0 aromatic heterocycles. The van der Waals surface area contributed by atoms with E-state index in [1.54, 1.807) is 0 Å². The van der Waals surface area contributed by atoms with E-state index in [9.17, 15) is 14.7 Å². The van der Waals surface area contributed by atoms with Crippen molar-refractivity contribution in [1.29, 1.82) is 0 Å². The highest BCUT2D eigenvalue weighted by Gasteiger charge is 2.60. The SMILES string of the molecule is CC(=O)OC1CCC[C@@H]2CCC3=C4C(=O)C[C@H]([C@H](C)CCCO)[C@@]4(C)CC[C@@H]3[C@@]12C. The first kappa shape index (κ1) is 22.0. The first-order chi connectivity index (χ1) is 14.2. The molecule has 168 valence electrons. The second-order valence-corrected chi connectivity index (χ2v) is 11.1. The lowest BCUT2D eigenvalue weighted by atomic mass is 9.48. The lowest BCUT2D eigenvalue weighted by molar-refractivity contribution is -0.168. The minimum Gasteiger partial charge on any atom is -0.462 e. The van der Waals surface area contributed by atoms with Crippen LogP contribution in [0.3, 0.4) is 0 Å². The monoisotopic (exact) mass is 416 g/mol. The maximum absolute atomic E-state index is 13.4. The number of carbonyl (C=O) groups is 2. The third kappa shape index (κ3) is 3.29. The molecule has 4 rings (SSSR count). The molecule has 0 saturated heterocycles. The Morgan fingerprint density at radius 3 is 2.70 bits per heavy atom. The van der Waals surface area contributed by atoms with Crippen molar-refractivity contribution in [2.24, 2.45) is 34.5 Å². The number of esters is 1. The van der Waals surface area contributed by atoms with Gasteiger partial charge in [0, 0.05) is 30.9 Å². The summed E-state index contributed by atoms with van der Waals surface area (Å²) in [4.78, 5) is 25.3. The van der Waals surface area contributed by atoms with Crippen molar-refractivity contribution in [3.8, 4) is 0 Å². The quantitative estimate of drug-likeness (QED) is 0.624. The number of aliphatic hydroxyl groups is 1. The van der Waals surface area contributed by atoms with E-state index in [1.807, 2.05) is 0 Å². The average Bonchev–Trinajstić information content (AvgIpc) is 2.97. The molecule has 1 N–H and O–H groups in total. The van der Waals surface area contributed by atoms with Crippen LogP contribution in [0.4, 0.5) is 0 Å². The Hall–Kier alpha value is -1.16. The lowest BCUT2D eigenvalue weighted by Crippen LogP contribution is -2.54. The van der Waals surface area contributed by atoms with Gasteiger partial charge in [-0.15, -0.1) is 0 Å². The number of ketones is 1. The van der Waals surface area contributed by atoms with E-state index < -0.39 is 0 Å². The van der Waals surface area contributed by atoms with Crippen LogP contribution in [0.2, 0.25) is 0 Å². The standard InChI is InChI=1S/C26H40O4/c1-16(7-6-14-27)21-15-22(29)24-19-11-10-18-8-5-9-23(30-17(2)28)26(18,4)20(19)12-13-25(21,24)3/h16,18,20-21,23,27H,5-15H2,1-4H3/t16-,18-,20+,21-,23?,25-,26+/m1/s1. The number of aliphatic hydroxyl groups excluding tert-OH is 1. The van der Waals surface area contributed by atoms with Crippen LogP contribution in [-0.2, 0) is 14.3 Å². The van der Waals surface area contributed by atoms with E-state index in [0.29, 0.717) is 35.9 Å². The third-order valence-electron chi connectivity index (χ3n) is 9.69. The molecule has 3 saturated carbocycles. The number of hydrogen-bond donors (Lipinski definition) is 1. The second kappa shape index (κ2) is 8.07. The number of allylic oxidation sites excluding steroid dienone is 2. The summed E-state index contributed by atoms with van der Waals surface area (Å²) in [6.45, 7) is 8.74. The van der Waals surface area contributed by atoms with E-state index >= 15 is 0 Å². The molecule has 0 aliphatic heterocycles. The van der Waals surface area contributed by atoms with Gasteiger partial charge >= 0.3 is 5.97 Å². The summed E-state index contributed by atoms with van der Waals surface area (Å²) in [5.74, 6) is 2.01. The Morgan fingerprint density at radius 1 is 1.23 bits per heavy atom. The van der Waals surface area contributed by atoms with Crippen LogP contribution in [0.1, 0.15) is 91.9 Å². The van der Waals surface area contributed by atoms with Gasteiger partial charge in [-0.2, -0.15) is 0 Å². The Morgan fingerprint density at radius 2 is 2.00 bits per heavy atom. The zero-order valence-corrected chi connectivity index (χ0v) is 19.3. The number of rotatable bonds is 5. The molecule has 0 amide bonds. The third-order valence-corrected chi connectivity index (χ3v) is 9.69. The molecule has 0 aromatic carbocycles. The zero-order valence-electron chi connectivity index (χ0n) is 19.3. The largest absolute Gasteiger partial charge is 0.462 e. The molecule has 4 heteroatoms. The van der Waals surface area contributed by atoms with Gasteiger partial charge in [-0.1, -0.05) is 26.3 Å². The molecule has 1 unspecified atom stereocenters. The lowest BCUT2D eigenvalue weighted by Gasteiger charge is -2.58. The fraction of sp³-hybridized carbons (Fsp3) is 0.846. The van der Waals surface area contributed by atoms with Crippen molar-refractivity contribution >= 4 is 11.8 Å². The Kier molecular flexibility index (Phi) is 5.93. The predicted molar refractivity (Wildman–Crippen MR) is 117 cm³/mol. The van der Waals surface area contributed by atoms with E-state index in [2.05, 4.69) is 20.8 Å². The summed E-state index contributed by atoms with van der Waals surface area (Å²) >= 11 is 0. The van der Waals surface area contributed by atoms with Gasteiger partial charge in [0.1, 0.15) is 6.10 Å². The maximum atomic E-state index is 13.4. The molecule has 0 radical (unpaired) electrons. The summed E-state index contributed by atoms with van der Waals surface area (Å²) in [7, 11) is 0. The van der Waals surface area contributed by atoms with Crippen molar-refractivity contribution in [2.45, 2.75) is 98.0 Å². The highest BCUT2D eigenvalue weighted by molar-refractivity contribution is 6.00. The smallest absolute Gasteiger partial charge is 0.302 e. The highest BCUT2D eigenvalue weighted by Crippen LogP contribution is 2.65.